The van der Waals surface area contributed by atoms with Crippen LogP contribution in [0.15, 0.2) is 65.4 Å². The smallest absolute Gasteiger partial charge is 0.352 e. The van der Waals surface area contributed by atoms with Gasteiger partial charge in [0, 0.05) is 38.1 Å². The highest BCUT2D eigenvalue weighted by Crippen LogP contribution is 2.35. The van der Waals surface area contributed by atoms with Gasteiger partial charge in [0.15, 0.2) is 0 Å². The van der Waals surface area contributed by atoms with Crippen LogP contribution >= 0.6 is 0 Å². The van der Waals surface area contributed by atoms with Gasteiger partial charge in [0.25, 0.3) is 0 Å². The van der Waals surface area contributed by atoms with E-state index in [9.17, 15) is 34.8 Å². The van der Waals surface area contributed by atoms with Gasteiger partial charge < -0.3 is 5.32 Å². The van der Waals surface area contributed by atoms with Crippen LogP contribution in [-0.4, -0.2) is 57.5 Å². The molecule has 2 saturated heterocycles. The molecular weight excluding hydrogens is 531 g/mol. The molecule has 2 unspecified atom stereocenters. The van der Waals surface area contributed by atoms with E-state index in [4.69, 9.17) is 0 Å². The zero-order chi connectivity index (χ0) is 27.0. The van der Waals surface area contributed by atoms with Crippen molar-refractivity contribution in [2.24, 2.45) is 11.8 Å². The molecule has 2 aliphatic rings. The molecule has 0 aliphatic carbocycles. The molecule has 2 atom stereocenters. The molecule has 37 heavy (non-hydrogen) atoms. The van der Waals surface area contributed by atoms with Gasteiger partial charge in [-0.25, -0.2) is 16.8 Å². The summed E-state index contributed by atoms with van der Waals surface area (Å²) in [6.07, 6.45) is -4.45. The number of rotatable bonds is 8. The summed E-state index contributed by atoms with van der Waals surface area (Å²) in [6.45, 7) is 4.35. The van der Waals surface area contributed by atoms with Crippen molar-refractivity contribution in [3.05, 3.63) is 77.2 Å². The topological polar surface area (TPSA) is 104 Å². The quantitative estimate of drug-likeness (QED) is 0.538. The Bertz CT molecular complexity index is 1360. The van der Waals surface area contributed by atoms with E-state index in [1.807, 2.05) is 0 Å². The number of nitrogens with zero attached hydrogens (tertiary/aromatic N) is 2. The molecular formula is C24H26F3N3O5S2. The molecule has 0 spiro atoms. The van der Waals surface area contributed by atoms with Crippen molar-refractivity contribution in [3.63, 3.8) is 0 Å². The Morgan fingerprint density at radius 2 is 1.41 bits per heavy atom. The number of carbonyl (C=O) groups is 1. The molecule has 2 aromatic rings. The molecule has 0 bridgehead atoms. The second-order valence-corrected chi connectivity index (χ2v) is 13.0. The van der Waals surface area contributed by atoms with E-state index in [1.54, 1.807) is 12.1 Å². The lowest BCUT2D eigenvalue weighted by molar-refractivity contribution is -0.137. The third-order valence-corrected chi connectivity index (χ3v) is 9.97. The maximum Gasteiger partial charge on any atom is 0.416 e. The fraction of sp³-hybridized carbons (Fsp3) is 0.375. The van der Waals surface area contributed by atoms with Gasteiger partial charge in [-0.1, -0.05) is 30.8 Å². The number of amides is 1. The van der Waals surface area contributed by atoms with Crippen LogP contribution in [-0.2, 0) is 44.0 Å². The molecule has 0 saturated carbocycles. The largest absolute Gasteiger partial charge is 0.416 e. The van der Waals surface area contributed by atoms with Crippen molar-refractivity contribution in [1.82, 2.24) is 13.9 Å². The minimum atomic E-state index is -4.43. The van der Waals surface area contributed by atoms with Gasteiger partial charge in [-0.05, 0) is 47.2 Å². The summed E-state index contributed by atoms with van der Waals surface area (Å²) in [5, 5.41) is 3.54. The van der Waals surface area contributed by atoms with Crippen LogP contribution in [0.2, 0.25) is 0 Å². The van der Waals surface area contributed by atoms with Crippen LogP contribution in [0.4, 0.5) is 13.2 Å². The Balaban J connectivity index is 1.31. The Labute approximate surface area is 213 Å². The van der Waals surface area contributed by atoms with Gasteiger partial charge in [0.1, 0.15) is 0 Å². The number of nitrogens with one attached hydrogen (secondary N) is 1. The van der Waals surface area contributed by atoms with Gasteiger partial charge in [-0.3, -0.25) is 4.79 Å². The lowest BCUT2D eigenvalue weighted by Gasteiger charge is -2.20. The van der Waals surface area contributed by atoms with Gasteiger partial charge in [-0.15, -0.1) is 0 Å². The van der Waals surface area contributed by atoms with Gasteiger partial charge in [0.05, 0.1) is 16.9 Å². The highest BCUT2D eigenvalue weighted by atomic mass is 32.2. The molecule has 4 rings (SSSR count). The van der Waals surface area contributed by atoms with E-state index >= 15 is 0 Å². The number of fused-ring (bicyclic) bond motifs is 1. The lowest BCUT2D eigenvalue weighted by atomic mass is 10.0. The summed E-state index contributed by atoms with van der Waals surface area (Å²) in [5.41, 5.74) is 0.327. The number of carbonyl (C=O) groups excluding carboxylic acids is 1. The number of hydrogen-bond donors (Lipinski definition) is 1. The van der Waals surface area contributed by atoms with Crippen molar-refractivity contribution in [3.8, 4) is 0 Å². The number of alkyl halides is 3. The maximum atomic E-state index is 13.1. The van der Waals surface area contributed by atoms with E-state index in [0.29, 0.717) is 11.1 Å². The first-order valence-corrected chi connectivity index (χ1v) is 14.4. The van der Waals surface area contributed by atoms with Crippen LogP contribution in [0, 0.1) is 11.8 Å². The molecule has 1 N–H and O–H groups in total. The first kappa shape index (κ1) is 27.3. The van der Waals surface area contributed by atoms with Crippen molar-refractivity contribution in [2.75, 3.05) is 26.2 Å². The first-order valence-electron chi connectivity index (χ1n) is 11.4. The minimum Gasteiger partial charge on any atom is -0.352 e. The fourth-order valence-corrected chi connectivity index (χ4v) is 7.17. The zero-order valence-corrected chi connectivity index (χ0v) is 21.3. The van der Waals surface area contributed by atoms with Crippen molar-refractivity contribution in [1.29, 1.82) is 0 Å². The van der Waals surface area contributed by atoms with E-state index in [2.05, 4.69) is 11.9 Å². The summed E-state index contributed by atoms with van der Waals surface area (Å²) in [7, 11) is -7.31. The van der Waals surface area contributed by atoms with Crippen LogP contribution in [0.25, 0.3) is 0 Å². The summed E-state index contributed by atoms with van der Waals surface area (Å²) in [4.78, 5) is 12.3. The number of hydrogen-bond acceptors (Lipinski definition) is 5. The van der Waals surface area contributed by atoms with E-state index in [0.717, 1.165) is 17.5 Å². The maximum absolute atomic E-state index is 13.1. The predicted octanol–water partition coefficient (Wildman–Crippen LogP) is 2.59. The zero-order valence-electron chi connectivity index (χ0n) is 19.7. The lowest BCUT2D eigenvalue weighted by Crippen LogP contribution is -2.35. The van der Waals surface area contributed by atoms with E-state index in [-0.39, 0.29) is 61.8 Å². The summed E-state index contributed by atoms with van der Waals surface area (Å²) >= 11 is 0. The molecule has 2 heterocycles. The molecule has 13 heteroatoms. The predicted molar refractivity (Wildman–Crippen MR) is 130 cm³/mol. The standard InChI is InChI=1S/C24H26F3N3O5S2/c1-2-36(32,33)29-13-19-15-30(16-20(19)14-29)37(34,35)22-9-5-17(6-10-22)11-23(31)28-12-18-3-7-21(8-4-18)24(25,26)27/h2-10,19-20H,1,11-16H2,(H,28,31). The number of sulfonamides is 2. The Hall–Kier alpha value is -2.74. The number of benzene rings is 2. The van der Waals surface area contributed by atoms with Crippen LogP contribution in [0.3, 0.4) is 0 Å². The molecule has 200 valence electrons. The van der Waals surface area contributed by atoms with Gasteiger partial charge >= 0.3 is 6.18 Å². The average Bonchev–Trinajstić information content (AvgIpc) is 3.44. The van der Waals surface area contributed by atoms with E-state index in [1.165, 1.54) is 32.9 Å². The number of halogens is 3. The summed E-state index contributed by atoms with van der Waals surface area (Å²) in [6, 6.07) is 10.4. The van der Waals surface area contributed by atoms with Crippen LogP contribution < -0.4 is 5.32 Å². The summed E-state index contributed by atoms with van der Waals surface area (Å²) < 4.78 is 90.9. The van der Waals surface area contributed by atoms with Crippen LogP contribution in [0.1, 0.15) is 16.7 Å². The van der Waals surface area contributed by atoms with Gasteiger partial charge in [-0.2, -0.15) is 21.8 Å². The fourth-order valence-electron chi connectivity index (χ4n) is 4.60. The monoisotopic (exact) mass is 557 g/mol. The van der Waals surface area contributed by atoms with Crippen molar-refractivity contribution < 1.29 is 34.8 Å². The Morgan fingerprint density at radius 1 is 0.892 bits per heavy atom. The molecule has 0 aromatic heterocycles. The molecule has 2 aliphatic heterocycles. The first-order chi connectivity index (χ1) is 17.3. The molecule has 2 fully saturated rings. The highest BCUT2D eigenvalue weighted by Gasteiger charge is 2.46. The van der Waals surface area contributed by atoms with Crippen molar-refractivity contribution >= 4 is 26.0 Å². The highest BCUT2D eigenvalue weighted by molar-refractivity contribution is 7.92. The minimum absolute atomic E-state index is 0.0254. The molecule has 8 nitrogen and oxygen atoms in total. The van der Waals surface area contributed by atoms with E-state index < -0.39 is 31.8 Å². The molecule has 1 amide bonds. The van der Waals surface area contributed by atoms with Gasteiger partial charge in [0.2, 0.25) is 26.0 Å². The second-order valence-electron chi connectivity index (χ2n) is 9.16. The average molecular weight is 558 g/mol. The third kappa shape index (κ3) is 6.06. The summed E-state index contributed by atoms with van der Waals surface area (Å²) in [5.74, 6) is -0.531. The Morgan fingerprint density at radius 3 is 1.92 bits per heavy atom. The molecule has 2 aromatic carbocycles. The SMILES string of the molecule is C=CS(=O)(=O)N1CC2CN(S(=O)(=O)c3ccc(CC(=O)NCc4ccc(C(F)(F)F)cc4)cc3)CC2C1. The van der Waals surface area contributed by atoms with Crippen LogP contribution in [0.5, 0.6) is 0 Å². The Kier molecular flexibility index (Phi) is 7.52. The normalized spacial score (nSPS) is 21.1. The molecule has 0 radical (unpaired) electrons. The van der Waals surface area contributed by atoms with Crippen molar-refractivity contribution in [2.45, 2.75) is 24.0 Å². The second kappa shape index (κ2) is 10.2. The third-order valence-electron chi connectivity index (χ3n) is 6.69.